The van der Waals surface area contributed by atoms with Crippen molar-refractivity contribution in [2.75, 3.05) is 0 Å². The molecule has 3 rings (SSSR count). The lowest BCUT2D eigenvalue weighted by Gasteiger charge is -1.98. The van der Waals surface area contributed by atoms with Crippen LogP contribution in [0.4, 0.5) is 0 Å². The first kappa shape index (κ1) is 11.9. The van der Waals surface area contributed by atoms with Gasteiger partial charge in [0.1, 0.15) is 0 Å². The molecule has 0 fully saturated rings. The first-order chi connectivity index (χ1) is 9.22. The van der Waals surface area contributed by atoms with E-state index in [1.807, 2.05) is 55.5 Å². The molecule has 0 amide bonds. The highest BCUT2D eigenvalue weighted by atomic mass is 35.5. The van der Waals surface area contributed by atoms with Crippen LogP contribution >= 0.6 is 11.6 Å². The smallest absolute Gasteiger partial charge is 0.130 e. The maximum Gasteiger partial charge on any atom is 0.205 e. The van der Waals surface area contributed by atoms with Crippen LogP contribution in [0.2, 0.25) is 5.02 Å². The molecule has 19 heavy (non-hydrogen) atoms. The Hall–Kier alpha value is -2.20. The van der Waals surface area contributed by atoms with E-state index in [1.54, 1.807) is 0 Å². The molecule has 5 heteroatoms. The van der Waals surface area contributed by atoms with Crippen molar-refractivity contribution in [1.29, 1.82) is 0 Å². The van der Waals surface area contributed by atoms with Gasteiger partial charge >= 0.3 is 0 Å². The van der Waals surface area contributed by atoms with Gasteiger partial charge in [-0.2, -0.15) is 0 Å². The Morgan fingerprint density at radius 2 is 1.63 bits per heavy atom. The molecule has 0 aliphatic rings. The summed E-state index contributed by atoms with van der Waals surface area (Å²) in [6, 6.07) is 15.3. The third kappa shape index (κ3) is 2.48. The maximum absolute atomic E-state index is 5.85. The first-order valence-corrected chi connectivity index (χ1v) is 6.23. The molecule has 1 heterocycles. The average molecular weight is 271 g/mol. The number of aryl methyl sites for hydroxylation is 1. The summed E-state index contributed by atoms with van der Waals surface area (Å²) in [4.78, 5) is 1.52. The van der Waals surface area contributed by atoms with Crippen molar-refractivity contribution >= 4 is 11.6 Å². The predicted octanol–water partition coefficient (Wildman–Crippen LogP) is 3.29. The van der Waals surface area contributed by atoms with Gasteiger partial charge in [-0.25, -0.2) is 0 Å². The Morgan fingerprint density at radius 3 is 2.32 bits per heavy atom. The molecule has 0 spiro atoms. The number of halogens is 1. The van der Waals surface area contributed by atoms with E-state index >= 15 is 0 Å². The lowest BCUT2D eigenvalue weighted by molar-refractivity contribution is 0.720. The second-order valence-corrected chi connectivity index (χ2v) is 4.68. The lowest BCUT2D eigenvalue weighted by atomic mass is 10.2. The van der Waals surface area contributed by atoms with E-state index < -0.39 is 0 Å². The molecule has 1 aromatic heterocycles. The predicted molar refractivity (Wildman–Crippen MR) is 74.3 cm³/mol. The minimum atomic E-state index is 0.581. The van der Waals surface area contributed by atoms with Gasteiger partial charge in [-0.3, -0.25) is 0 Å². The second-order valence-electron chi connectivity index (χ2n) is 4.24. The second kappa shape index (κ2) is 4.82. The van der Waals surface area contributed by atoms with E-state index in [4.69, 9.17) is 11.6 Å². The molecule has 2 aromatic carbocycles. The fraction of sp³-hybridized carbons (Fsp3) is 0.0714. The van der Waals surface area contributed by atoms with Gasteiger partial charge in [-0.1, -0.05) is 29.3 Å². The zero-order valence-corrected chi connectivity index (χ0v) is 11.0. The van der Waals surface area contributed by atoms with Gasteiger partial charge in [0.25, 0.3) is 0 Å². The van der Waals surface area contributed by atoms with Crippen molar-refractivity contribution in [3.63, 3.8) is 0 Å². The molecular weight excluding hydrogens is 260 g/mol. The van der Waals surface area contributed by atoms with Gasteiger partial charge in [0.15, 0.2) is 0 Å². The zero-order chi connectivity index (χ0) is 13.2. The summed E-state index contributed by atoms with van der Waals surface area (Å²) in [6.07, 6.45) is 0. The van der Waals surface area contributed by atoms with Crippen molar-refractivity contribution in [2.24, 2.45) is 0 Å². The van der Waals surface area contributed by atoms with Gasteiger partial charge in [-0.15, -0.1) is 15.0 Å². The Bertz CT molecular complexity index is 626. The molecule has 0 unspecified atom stereocenters. The standard InChI is InChI=1S/C14H11ClN4/c1-10-2-8-13(9-3-10)19-17-14(16-18-19)11-4-6-12(15)7-5-11/h2-9H,1H3. The lowest BCUT2D eigenvalue weighted by Crippen LogP contribution is -1.98. The van der Waals surface area contributed by atoms with Crippen LogP contribution in [0.15, 0.2) is 48.5 Å². The molecule has 0 N–H and O–H groups in total. The largest absolute Gasteiger partial charge is 0.205 e. The van der Waals surface area contributed by atoms with E-state index in [0.717, 1.165) is 11.3 Å². The Morgan fingerprint density at radius 1 is 0.947 bits per heavy atom. The Kier molecular flexibility index (Phi) is 3.01. The van der Waals surface area contributed by atoms with E-state index in [2.05, 4.69) is 15.4 Å². The highest BCUT2D eigenvalue weighted by molar-refractivity contribution is 6.30. The molecule has 3 aromatic rings. The SMILES string of the molecule is Cc1ccc(-n2nnc(-c3ccc(Cl)cc3)n2)cc1. The Labute approximate surface area is 115 Å². The van der Waals surface area contributed by atoms with Crippen molar-refractivity contribution in [3.8, 4) is 17.1 Å². The van der Waals surface area contributed by atoms with Gasteiger partial charge in [0, 0.05) is 10.6 Å². The average Bonchev–Trinajstić information content (AvgIpc) is 2.90. The number of hydrogen-bond acceptors (Lipinski definition) is 3. The minimum absolute atomic E-state index is 0.581. The number of hydrogen-bond donors (Lipinski definition) is 0. The molecule has 4 nitrogen and oxygen atoms in total. The summed E-state index contributed by atoms with van der Waals surface area (Å²) in [5.41, 5.74) is 2.97. The van der Waals surface area contributed by atoms with E-state index in [-0.39, 0.29) is 0 Å². The van der Waals surface area contributed by atoms with Gasteiger partial charge in [-0.05, 0) is 48.5 Å². The quantitative estimate of drug-likeness (QED) is 0.718. The van der Waals surface area contributed by atoms with Crippen LogP contribution in [0, 0.1) is 6.92 Å². The van der Waals surface area contributed by atoms with Crippen LogP contribution in [0.25, 0.3) is 17.1 Å². The molecule has 0 saturated heterocycles. The normalized spacial score (nSPS) is 10.6. The zero-order valence-electron chi connectivity index (χ0n) is 10.3. The molecule has 0 bridgehead atoms. The fourth-order valence-electron chi connectivity index (χ4n) is 1.72. The van der Waals surface area contributed by atoms with Gasteiger partial charge in [0.2, 0.25) is 5.82 Å². The molecule has 0 aliphatic carbocycles. The summed E-state index contributed by atoms with van der Waals surface area (Å²) in [5.74, 6) is 0.581. The highest BCUT2D eigenvalue weighted by Crippen LogP contribution is 2.17. The highest BCUT2D eigenvalue weighted by Gasteiger charge is 2.06. The molecule has 0 atom stereocenters. The molecular formula is C14H11ClN4. The van der Waals surface area contributed by atoms with Gasteiger partial charge in [0.05, 0.1) is 5.69 Å². The third-order valence-corrected chi connectivity index (χ3v) is 3.03. The van der Waals surface area contributed by atoms with E-state index in [1.165, 1.54) is 10.4 Å². The number of benzene rings is 2. The monoisotopic (exact) mass is 270 g/mol. The van der Waals surface area contributed by atoms with Crippen LogP contribution in [-0.2, 0) is 0 Å². The maximum atomic E-state index is 5.85. The van der Waals surface area contributed by atoms with Crippen LogP contribution in [0.3, 0.4) is 0 Å². The van der Waals surface area contributed by atoms with Crippen molar-refractivity contribution < 1.29 is 0 Å². The number of nitrogens with zero attached hydrogens (tertiary/aromatic N) is 4. The van der Waals surface area contributed by atoms with Crippen LogP contribution in [0.5, 0.6) is 0 Å². The fourth-order valence-corrected chi connectivity index (χ4v) is 1.84. The number of tetrazole rings is 1. The molecule has 0 radical (unpaired) electrons. The minimum Gasteiger partial charge on any atom is -0.130 e. The first-order valence-electron chi connectivity index (χ1n) is 5.85. The Balaban J connectivity index is 1.95. The van der Waals surface area contributed by atoms with E-state index in [9.17, 15) is 0 Å². The van der Waals surface area contributed by atoms with Crippen LogP contribution in [-0.4, -0.2) is 20.2 Å². The van der Waals surface area contributed by atoms with E-state index in [0.29, 0.717) is 10.8 Å². The van der Waals surface area contributed by atoms with Crippen LogP contribution in [0.1, 0.15) is 5.56 Å². The summed E-state index contributed by atoms with van der Waals surface area (Å²) in [5, 5.41) is 13.2. The topological polar surface area (TPSA) is 43.6 Å². The van der Waals surface area contributed by atoms with Gasteiger partial charge < -0.3 is 0 Å². The summed E-state index contributed by atoms with van der Waals surface area (Å²) in [6.45, 7) is 2.04. The summed E-state index contributed by atoms with van der Waals surface area (Å²) in [7, 11) is 0. The molecule has 0 saturated carbocycles. The molecule has 0 aliphatic heterocycles. The summed E-state index contributed by atoms with van der Waals surface area (Å²) >= 11 is 5.85. The third-order valence-electron chi connectivity index (χ3n) is 2.78. The number of rotatable bonds is 2. The number of aromatic nitrogens is 4. The molecule has 94 valence electrons. The van der Waals surface area contributed by atoms with Crippen LogP contribution < -0.4 is 0 Å². The van der Waals surface area contributed by atoms with Crippen molar-refractivity contribution in [1.82, 2.24) is 20.2 Å². The van der Waals surface area contributed by atoms with Crippen molar-refractivity contribution in [3.05, 3.63) is 59.1 Å². The summed E-state index contributed by atoms with van der Waals surface area (Å²) < 4.78 is 0. The van der Waals surface area contributed by atoms with Crippen molar-refractivity contribution in [2.45, 2.75) is 6.92 Å².